The van der Waals surface area contributed by atoms with Gasteiger partial charge in [-0.05, 0) is 66.1 Å². The molecule has 1 N–H and O–H groups in total. The quantitative estimate of drug-likeness (QED) is 0.723. The molecule has 23 heavy (non-hydrogen) atoms. The number of carbonyl (C=O) groups excluding carboxylic acids is 1. The van der Waals surface area contributed by atoms with E-state index < -0.39 is 0 Å². The fourth-order valence-corrected chi connectivity index (χ4v) is 4.14. The van der Waals surface area contributed by atoms with E-state index in [0.29, 0.717) is 10.7 Å². The van der Waals surface area contributed by atoms with E-state index in [4.69, 9.17) is 0 Å². The van der Waals surface area contributed by atoms with Gasteiger partial charge < -0.3 is 0 Å². The third-order valence-corrected chi connectivity index (χ3v) is 5.46. The predicted octanol–water partition coefficient (Wildman–Crippen LogP) is 4.23. The molecule has 0 saturated carbocycles. The molecule has 1 atom stereocenters. The number of piperidine rings is 1. The lowest BCUT2D eigenvalue weighted by Gasteiger charge is -2.30. The van der Waals surface area contributed by atoms with E-state index in [9.17, 15) is 4.79 Å². The second-order valence-corrected chi connectivity index (χ2v) is 8.19. The van der Waals surface area contributed by atoms with Gasteiger partial charge in [-0.1, -0.05) is 13.0 Å². The van der Waals surface area contributed by atoms with Crippen LogP contribution in [0, 0.1) is 9.49 Å². The van der Waals surface area contributed by atoms with Crippen LogP contribution in [-0.4, -0.2) is 28.9 Å². The number of hydrogen-bond acceptors (Lipinski definition) is 4. The SMILES string of the molecule is CC1CCCN(Cc2csc(NC(=O)c3cccc(I)c3)n2)C1. The number of thiazole rings is 1. The molecule has 0 aliphatic carbocycles. The van der Waals surface area contributed by atoms with E-state index in [2.05, 4.69) is 44.7 Å². The number of anilines is 1. The Hall–Kier alpha value is -0.990. The zero-order valence-corrected chi connectivity index (χ0v) is 16.1. The number of likely N-dealkylation sites (tertiary alicyclic amines) is 1. The first-order valence-electron chi connectivity index (χ1n) is 7.84. The minimum Gasteiger partial charge on any atom is -0.298 e. The summed E-state index contributed by atoms with van der Waals surface area (Å²) in [6.07, 6.45) is 2.59. The highest BCUT2D eigenvalue weighted by atomic mass is 127. The Kier molecular flexibility index (Phi) is 5.66. The Morgan fingerprint density at radius 3 is 3.17 bits per heavy atom. The first-order chi connectivity index (χ1) is 11.1. The summed E-state index contributed by atoms with van der Waals surface area (Å²) in [7, 11) is 0. The van der Waals surface area contributed by atoms with Gasteiger partial charge in [0.15, 0.2) is 5.13 Å². The van der Waals surface area contributed by atoms with Crippen molar-refractivity contribution in [1.29, 1.82) is 0 Å². The molecule has 2 aromatic rings. The van der Waals surface area contributed by atoms with Crippen molar-refractivity contribution in [2.45, 2.75) is 26.3 Å². The fraction of sp³-hybridized carbons (Fsp3) is 0.412. The molecule has 6 heteroatoms. The molecule has 1 unspecified atom stereocenters. The Morgan fingerprint density at radius 2 is 2.39 bits per heavy atom. The number of rotatable bonds is 4. The second kappa shape index (κ2) is 7.72. The van der Waals surface area contributed by atoms with E-state index in [1.807, 2.05) is 29.6 Å². The summed E-state index contributed by atoms with van der Waals surface area (Å²) < 4.78 is 1.05. The number of aromatic nitrogens is 1. The van der Waals surface area contributed by atoms with Crippen molar-refractivity contribution in [3.05, 3.63) is 44.5 Å². The van der Waals surface area contributed by atoms with Crippen molar-refractivity contribution in [1.82, 2.24) is 9.88 Å². The van der Waals surface area contributed by atoms with Gasteiger partial charge >= 0.3 is 0 Å². The van der Waals surface area contributed by atoms with Gasteiger partial charge in [-0.15, -0.1) is 11.3 Å². The molecule has 1 aliphatic heterocycles. The van der Waals surface area contributed by atoms with Crippen LogP contribution in [0.4, 0.5) is 5.13 Å². The Morgan fingerprint density at radius 1 is 1.52 bits per heavy atom. The number of hydrogen-bond donors (Lipinski definition) is 1. The average molecular weight is 441 g/mol. The largest absolute Gasteiger partial charge is 0.298 e. The second-order valence-electron chi connectivity index (χ2n) is 6.09. The van der Waals surface area contributed by atoms with Crippen molar-refractivity contribution in [3.8, 4) is 0 Å². The minimum absolute atomic E-state index is 0.101. The molecule has 0 spiro atoms. The summed E-state index contributed by atoms with van der Waals surface area (Å²) in [4.78, 5) is 19.3. The van der Waals surface area contributed by atoms with Crippen LogP contribution in [0.1, 0.15) is 35.8 Å². The number of nitrogens with zero attached hydrogens (tertiary/aromatic N) is 2. The molecule has 1 aromatic carbocycles. The molecular formula is C17H20IN3OS. The van der Waals surface area contributed by atoms with Crippen molar-refractivity contribution in [3.63, 3.8) is 0 Å². The van der Waals surface area contributed by atoms with E-state index >= 15 is 0 Å². The van der Waals surface area contributed by atoms with Crippen LogP contribution in [0.25, 0.3) is 0 Å². The molecule has 1 amide bonds. The van der Waals surface area contributed by atoms with E-state index in [1.54, 1.807) is 0 Å². The summed E-state index contributed by atoms with van der Waals surface area (Å²) in [5.74, 6) is 0.665. The first kappa shape index (κ1) is 16.9. The smallest absolute Gasteiger partial charge is 0.257 e. The number of amides is 1. The lowest BCUT2D eigenvalue weighted by Crippen LogP contribution is -2.33. The number of halogens is 1. The van der Waals surface area contributed by atoms with E-state index in [0.717, 1.165) is 34.8 Å². The molecule has 1 aliphatic rings. The van der Waals surface area contributed by atoms with Crippen LogP contribution >= 0.6 is 33.9 Å². The highest BCUT2D eigenvalue weighted by Gasteiger charge is 2.17. The van der Waals surface area contributed by atoms with Crippen molar-refractivity contribution < 1.29 is 4.79 Å². The maximum atomic E-state index is 12.3. The zero-order valence-electron chi connectivity index (χ0n) is 13.1. The van der Waals surface area contributed by atoms with Crippen LogP contribution < -0.4 is 5.32 Å². The normalized spacial score (nSPS) is 18.8. The van der Waals surface area contributed by atoms with Gasteiger partial charge in [-0.3, -0.25) is 15.0 Å². The topological polar surface area (TPSA) is 45.2 Å². The van der Waals surface area contributed by atoms with E-state index in [-0.39, 0.29) is 5.91 Å². The maximum Gasteiger partial charge on any atom is 0.257 e. The van der Waals surface area contributed by atoms with Gasteiger partial charge in [-0.2, -0.15) is 0 Å². The summed E-state index contributed by atoms with van der Waals surface area (Å²) >= 11 is 3.70. The zero-order chi connectivity index (χ0) is 16.2. The first-order valence-corrected chi connectivity index (χ1v) is 9.79. The fourth-order valence-electron chi connectivity index (χ4n) is 2.90. The molecule has 1 saturated heterocycles. The van der Waals surface area contributed by atoms with Crippen LogP contribution in [0.5, 0.6) is 0 Å². The van der Waals surface area contributed by atoms with Gasteiger partial charge in [0.05, 0.1) is 5.69 Å². The lowest BCUT2D eigenvalue weighted by atomic mass is 10.0. The van der Waals surface area contributed by atoms with Crippen LogP contribution in [0.15, 0.2) is 29.6 Å². The number of nitrogens with one attached hydrogen (secondary N) is 1. The molecule has 1 aromatic heterocycles. The molecule has 1 fully saturated rings. The lowest BCUT2D eigenvalue weighted by molar-refractivity contribution is 0.102. The van der Waals surface area contributed by atoms with Crippen molar-refractivity contribution >= 4 is 45.0 Å². The number of benzene rings is 1. The monoisotopic (exact) mass is 441 g/mol. The van der Waals surface area contributed by atoms with Gasteiger partial charge in [0.2, 0.25) is 0 Å². The number of carbonyl (C=O) groups is 1. The van der Waals surface area contributed by atoms with Crippen LogP contribution in [0.3, 0.4) is 0 Å². The minimum atomic E-state index is -0.101. The Labute approximate surface area is 154 Å². The molecule has 4 nitrogen and oxygen atoms in total. The molecular weight excluding hydrogens is 421 g/mol. The van der Waals surface area contributed by atoms with Gasteiger partial charge in [0.1, 0.15) is 0 Å². The van der Waals surface area contributed by atoms with Crippen molar-refractivity contribution in [2.24, 2.45) is 5.92 Å². The molecule has 3 rings (SSSR count). The third kappa shape index (κ3) is 4.74. The molecule has 0 radical (unpaired) electrons. The van der Waals surface area contributed by atoms with Crippen LogP contribution in [-0.2, 0) is 6.54 Å². The van der Waals surface area contributed by atoms with Gasteiger partial charge in [0.25, 0.3) is 5.91 Å². The molecule has 122 valence electrons. The summed E-state index contributed by atoms with van der Waals surface area (Å²) in [6, 6.07) is 7.56. The maximum absolute atomic E-state index is 12.3. The van der Waals surface area contributed by atoms with Gasteiger partial charge in [0, 0.05) is 27.6 Å². The summed E-state index contributed by atoms with van der Waals surface area (Å²) in [5.41, 5.74) is 1.71. The Bertz CT molecular complexity index is 688. The summed E-state index contributed by atoms with van der Waals surface area (Å²) in [5, 5.41) is 5.62. The molecule has 0 bridgehead atoms. The van der Waals surface area contributed by atoms with Gasteiger partial charge in [-0.25, -0.2) is 4.98 Å². The Balaban J connectivity index is 1.59. The predicted molar refractivity (Wildman–Crippen MR) is 103 cm³/mol. The highest BCUT2D eigenvalue weighted by molar-refractivity contribution is 14.1. The average Bonchev–Trinajstić information content (AvgIpc) is 2.94. The molecule has 2 heterocycles. The van der Waals surface area contributed by atoms with Crippen LogP contribution in [0.2, 0.25) is 0 Å². The highest BCUT2D eigenvalue weighted by Crippen LogP contribution is 2.21. The third-order valence-electron chi connectivity index (χ3n) is 3.99. The summed E-state index contributed by atoms with van der Waals surface area (Å²) in [6.45, 7) is 5.47. The standard InChI is InChI=1S/C17H20IN3OS/c1-12-4-3-7-21(9-12)10-15-11-23-17(19-15)20-16(22)13-5-2-6-14(18)8-13/h2,5-6,8,11-12H,3-4,7,9-10H2,1H3,(H,19,20,22). The van der Waals surface area contributed by atoms with Crippen molar-refractivity contribution in [2.75, 3.05) is 18.4 Å². The van der Waals surface area contributed by atoms with E-state index in [1.165, 1.54) is 24.2 Å².